The van der Waals surface area contributed by atoms with Crippen molar-refractivity contribution in [1.82, 2.24) is 0 Å². The standard InChI is InChI=1S/C8H5ClF3NO3/c9-7(8(10,11)12)16-6-3-1-2-5(4-6)13(14)15/h1-4,7H. The average Bonchev–Trinajstić information content (AvgIpc) is 2.16. The maximum Gasteiger partial charge on any atom is 0.440 e. The fourth-order valence-corrected chi connectivity index (χ4v) is 0.960. The molecule has 0 bridgehead atoms. The Labute approximate surface area is 92.7 Å². The SMILES string of the molecule is O=[N+]([O-])c1cccc(OC(Cl)C(F)(F)F)c1. The quantitative estimate of drug-likeness (QED) is 0.474. The zero-order valence-electron chi connectivity index (χ0n) is 7.57. The van der Waals surface area contributed by atoms with E-state index in [0.29, 0.717) is 0 Å². The van der Waals surface area contributed by atoms with Gasteiger partial charge in [0.25, 0.3) is 11.3 Å². The molecule has 0 spiro atoms. The summed E-state index contributed by atoms with van der Waals surface area (Å²) in [4.78, 5) is 9.58. The van der Waals surface area contributed by atoms with Gasteiger partial charge in [0, 0.05) is 6.07 Å². The van der Waals surface area contributed by atoms with E-state index in [1.807, 2.05) is 0 Å². The van der Waals surface area contributed by atoms with Crippen LogP contribution in [0.2, 0.25) is 0 Å². The van der Waals surface area contributed by atoms with Crippen LogP contribution < -0.4 is 4.74 Å². The van der Waals surface area contributed by atoms with Crippen LogP contribution in [0.15, 0.2) is 24.3 Å². The number of non-ortho nitro benzene ring substituents is 1. The van der Waals surface area contributed by atoms with Crippen LogP contribution >= 0.6 is 11.6 Å². The molecule has 1 unspecified atom stereocenters. The van der Waals surface area contributed by atoms with Crippen LogP contribution in [-0.2, 0) is 0 Å². The number of nitro groups is 1. The molecule has 0 saturated heterocycles. The molecule has 1 atom stereocenters. The fraction of sp³-hybridized carbons (Fsp3) is 0.250. The number of nitro benzene ring substituents is 1. The van der Waals surface area contributed by atoms with Gasteiger partial charge in [0.2, 0.25) is 0 Å². The van der Waals surface area contributed by atoms with Crippen molar-refractivity contribution in [2.45, 2.75) is 11.7 Å². The van der Waals surface area contributed by atoms with E-state index in [-0.39, 0.29) is 11.4 Å². The van der Waals surface area contributed by atoms with Crippen LogP contribution in [0.3, 0.4) is 0 Å². The highest BCUT2D eigenvalue weighted by atomic mass is 35.5. The third-order valence-electron chi connectivity index (χ3n) is 1.53. The van der Waals surface area contributed by atoms with Crippen LogP contribution in [-0.4, -0.2) is 16.7 Å². The van der Waals surface area contributed by atoms with E-state index < -0.39 is 16.7 Å². The summed E-state index contributed by atoms with van der Waals surface area (Å²) in [7, 11) is 0. The molecule has 0 N–H and O–H groups in total. The van der Waals surface area contributed by atoms with E-state index in [2.05, 4.69) is 4.74 Å². The Morgan fingerprint density at radius 1 is 1.44 bits per heavy atom. The molecule has 1 rings (SSSR count). The lowest BCUT2D eigenvalue weighted by atomic mass is 10.3. The molecule has 1 aromatic carbocycles. The zero-order chi connectivity index (χ0) is 12.3. The lowest BCUT2D eigenvalue weighted by Gasteiger charge is -2.15. The van der Waals surface area contributed by atoms with Gasteiger partial charge >= 0.3 is 6.18 Å². The Balaban J connectivity index is 2.82. The van der Waals surface area contributed by atoms with Gasteiger partial charge in [-0.2, -0.15) is 13.2 Å². The number of benzene rings is 1. The minimum Gasteiger partial charge on any atom is -0.465 e. The molecule has 0 saturated carbocycles. The second-order valence-electron chi connectivity index (χ2n) is 2.73. The first kappa shape index (κ1) is 12.6. The Morgan fingerprint density at radius 3 is 2.56 bits per heavy atom. The third-order valence-corrected chi connectivity index (χ3v) is 1.86. The minimum absolute atomic E-state index is 0.313. The maximum atomic E-state index is 12.0. The van der Waals surface area contributed by atoms with Gasteiger partial charge in [-0.25, -0.2) is 0 Å². The van der Waals surface area contributed by atoms with Crippen molar-refractivity contribution in [3.63, 3.8) is 0 Å². The van der Waals surface area contributed by atoms with E-state index >= 15 is 0 Å². The van der Waals surface area contributed by atoms with Gasteiger partial charge in [0.15, 0.2) is 0 Å². The predicted octanol–water partition coefficient (Wildman–Crippen LogP) is 3.10. The van der Waals surface area contributed by atoms with E-state index in [1.165, 1.54) is 6.07 Å². The summed E-state index contributed by atoms with van der Waals surface area (Å²) in [5.74, 6) is -0.313. The Hall–Kier alpha value is -1.50. The third kappa shape index (κ3) is 3.27. The monoisotopic (exact) mass is 255 g/mol. The fourth-order valence-electron chi connectivity index (χ4n) is 0.857. The van der Waals surface area contributed by atoms with Crippen molar-refractivity contribution in [2.24, 2.45) is 0 Å². The van der Waals surface area contributed by atoms with Crippen molar-refractivity contribution < 1.29 is 22.8 Å². The molecular formula is C8H5ClF3NO3. The lowest BCUT2D eigenvalue weighted by Crippen LogP contribution is -2.28. The van der Waals surface area contributed by atoms with Gasteiger partial charge in [-0.1, -0.05) is 17.7 Å². The molecule has 0 fully saturated rings. The Morgan fingerprint density at radius 2 is 2.06 bits per heavy atom. The molecular weight excluding hydrogens is 251 g/mol. The largest absolute Gasteiger partial charge is 0.465 e. The number of rotatable bonds is 3. The molecule has 0 aliphatic rings. The van der Waals surface area contributed by atoms with Crippen LogP contribution in [0.25, 0.3) is 0 Å². The Bertz CT molecular complexity index is 396. The predicted molar refractivity (Wildman–Crippen MR) is 49.4 cm³/mol. The first-order valence-corrected chi connectivity index (χ1v) is 4.36. The van der Waals surface area contributed by atoms with Crippen LogP contribution in [0.1, 0.15) is 0 Å². The summed E-state index contributed by atoms with van der Waals surface area (Å²) in [6.07, 6.45) is -4.73. The lowest BCUT2D eigenvalue weighted by molar-refractivity contribution is -0.385. The zero-order valence-corrected chi connectivity index (χ0v) is 8.33. The molecule has 88 valence electrons. The average molecular weight is 256 g/mol. The van der Waals surface area contributed by atoms with E-state index in [4.69, 9.17) is 11.6 Å². The molecule has 4 nitrogen and oxygen atoms in total. The molecule has 8 heteroatoms. The van der Waals surface area contributed by atoms with Crippen molar-refractivity contribution in [1.29, 1.82) is 0 Å². The summed E-state index contributed by atoms with van der Waals surface area (Å²) in [5, 5.41) is 10.3. The number of ether oxygens (including phenoxy) is 1. The van der Waals surface area contributed by atoms with Gasteiger partial charge in [0.1, 0.15) is 5.75 Å². The van der Waals surface area contributed by atoms with Gasteiger partial charge < -0.3 is 4.74 Å². The molecule has 0 aliphatic carbocycles. The minimum atomic E-state index is -4.73. The molecule has 0 aromatic heterocycles. The summed E-state index contributed by atoms with van der Waals surface area (Å²) in [5.41, 5.74) is -2.90. The summed E-state index contributed by atoms with van der Waals surface area (Å²) in [6.45, 7) is 0. The van der Waals surface area contributed by atoms with Crippen LogP contribution in [0, 0.1) is 10.1 Å². The number of hydrogen-bond acceptors (Lipinski definition) is 3. The molecule has 1 aromatic rings. The molecule has 0 radical (unpaired) electrons. The second kappa shape index (κ2) is 4.56. The van der Waals surface area contributed by atoms with Gasteiger partial charge in [-0.3, -0.25) is 10.1 Å². The first-order valence-electron chi connectivity index (χ1n) is 3.92. The van der Waals surface area contributed by atoms with Gasteiger partial charge in [-0.05, 0) is 6.07 Å². The maximum absolute atomic E-state index is 12.0. The highest BCUT2D eigenvalue weighted by Crippen LogP contribution is 2.29. The molecule has 0 amide bonds. The summed E-state index contributed by atoms with van der Waals surface area (Å²) >= 11 is 4.91. The second-order valence-corrected chi connectivity index (χ2v) is 3.13. The normalized spacial score (nSPS) is 13.2. The molecule has 0 heterocycles. The molecule has 0 aliphatic heterocycles. The van der Waals surface area contributed by atoms with Crippen molar-refractivity contribution in [2.75, 3.05) is 0 Å². The van der Waals surface area contributed by atoms with Gasteiger partial charge in [0.05, 0.1) is 11.0 Å². The summed E-state index contributed by atoms with van der Waals surface area (Å²) in [6, 6.07) is 4.34. The van der Waals surface area contributed by atoms with Crippen molar-refractivity contribution in [3.05, 3.63) is 34.4 Å². The van der Waals surface area contributed by atoms with Gasteiger partial charge in [-0.15, -0.1) is 0 Å². The number of halogens is 4. The van der Waals surface area contributed by atoms with Crippen LogP contribution in [0.4, 0.5) is 18.9 Å². The number of hydrogen-bond donors (Lipinski definition) is 0. The van der Waals surface area contributed by atoms with Crippen molar-refractivity contribution >= 4 is 17.3 Å². The molecule has 16 heavy (non-hydrogen) atoms. The van der Waals surface area contributed by atoms with Crippen molar-refractivity contribution in [3.8, 4) is 5.75 Å². The highest BCUT2D eigenvalue weighted by Gasteiger charge is 2.40. The highest BCUT2D eigenvalue weighted by molar-refractivity contribution is 6.20. The number of nitrogens with zero attached hydrogens (tertiary/aromatic N) is 1. The first-order chi connectivity index (χ1) is 7.30. The Kier molecular flexibility index (Phi) is 3.58. The van der Waals surface area contributed by atoms with Crippen LogP contribution in [0.5, 0.6) is 5.75 Å². The van der Waals surface area contributed by atoms with E-state index in [9.17, 15) is 23.3 Å². The topological polar surface area (TPSA) is 52.4 Å². The summed E-state index contributed by atoms with van der Waals surface area (Å²) < 4.78 is 40.3. The van der Waals surface area contributed by atoms with E-state index in [1.54, 1.807) is 0 Å². The smallest absolute Gasteiger partial charge is 0.440 e. The van der Waals surface area contributed by atoms with E-state index in [0.717, 1.165) is 18.2 Å². The number of alkyl halides is 4.